The standard InChI is InChI=1S/C25H19F6N3S2/c26-17-6-1-4-15(12-17)13-21(19-8-3-9-20(27)22(19)28)33-24-34(10-11-36-24)23(35)32-18-7-2-5-16(14-18)25(29,30)31/h1-9,12,14,21H,10-11,13H2,(H,32,35). The van der Waals surface area contributed by atoms with Gasteiger partial charge in [-0.1, -0.05) is 42.1 Å². The van der Waals surface area contributed by atoms with Crippen molar-refractivity contribution in [3.63, 3.8) is 0 Å². The summed E-state index contributed by atoms with van der Waals surface area (Å²) in [6.45, 7) is 0.409. The van der Waals surface area contributed by atoms with Crippen LogP contribution in [-0.2, 0) is 12.6 Å². The lowest BCUT2D eigenvalue weighted by Gasteiger charge is -2.23. The zero-order valence-corrected chi connectivity index (χ0v) is 20.2. The second kappa shape index (κ2) is 10.9. The Morgan fingerprint density at radius 2 is 1.78 bits per heavy atom. The van der Waals surface area contributed by atoms with Gasteiger partial charge in [0, 0.05) is 23.5 Å². The average Bonchev–Trinajstić information content (AvgIpc) is 3.28. The number of nitrogens with zero attached hydrogens (tertiary/aromatic N) is 2. The van der Waals surface area contributed by atoms with Crippen molar-refractivity contribution >= 4 is 39.9 Å². The molecule has 0 radical (unpaired) electrons. The Bertz CT molecular complexity index is 1290. The summed E-state index contributed by atoms with van der Waals surface area (Å²) < 4.78 is 81.7. The number of hydrogen-bond donors (Lipinski definition) is 1. The van der Waals surface area contributed by atoms with Crippen LogP contribution >= 0.6 is 24.0 Å². The van der Waals surface area contributed by atoms with E-state index in [1.165, 1.54) is 54.2 Å². The maximum Gasteiger partial charge on any atom is 0.416 e. The van der Waals surface area contributed by atoms with E-state index in [2.05, 4.69) is 10.3 Å². The van der Waals surface area contributed by atoms with Gasteiger partial charge in [0.1, 0.15) is 5.82 Å². The van der Waals surface area contributed by atoms with Gasteiger partial charge in [-0.15, -0.1) is 0 Å². The molecule has 36 heavy (non-hydrogen) atoms. The average molecular weight is 540 g/mol. The molecule has 1 heterocycles. The molecule has 3 nitrogen and oxygen atoms in total. The Hall–Kier alpha value is -3.05. The fourth-order valence-electron chi connectivity index (χ4n) is 3.68. The summed E-state index contributed by atoms with van der Waals surface area (Å²) in [5.41, 5.74) is -0.140. The summed E-state index contributed by atoms with van der Waals surface area (Å²) in [5.74, 6) is -1.99. The molecule has 0 saturated carbocycles. The summed E-state index contributed by atoms with van der Waals surface area (Å²) in [5, 5.41) is 3.30. The van der Waals surface area contributed by atoms with Crippen molar-refractivity contribution in [2.24, 2.45) is 4.99 Å². The first-order chi connectivity index (χ1) is 17.1. The van der Waals surface area contributed by atoms with Crippen molar-refractivity contribution in [1.29, 1.82) is 0 Å². The van der Waals surface area contributed by atoms with Crippen LogP contribution in [0, 0.1) is 17.5 Å². The van der Waals surface area contributed by atoms with Crippen molar-refractivity contribution in [3.05, 3.63) is 101 Å². The van der Waals surface area contributed by atoms with Gasteiger partial charge in [0.2, 0.25) is 0 Å². The number of alkyl halides is 3. The van der Waals surface area contributed by atoms with Crippen LogP contribution in [0.5, 0.6) is 0 Å². The number of thiocarbonyl (C=S) groups is 1. The van der Waals surface area contributed by atoms with Crippen LogP contribution in [0.1, 0.15) is 22.7 Å². The molecular formula is C25H19F6N3S2. The Labute approximate surface area is 213 Å². The van der Waals surface area contributed by atoms with E-state index in [1.807, 2.05) is 0 Å². The summed E-state index contributed by atoms with van der Waals surface area (Å²) in [7, 11) is 0. The van der Waals surface area contributed by atoms with Crippen molar-refractivity contribution in [1.82, 2.24) is 4.90 Å². The van der Waals surface area contributed by atoms with E-state index in [9.17, 15) is 26.3 Å². The largest absolute Gasteiger partial charge is 0.416 e. The minimum atomic E-state index is -4.51. The van der Waals surface area contributed by atoms with Gasteiger partial charge in [0.25, 0.3) is 0 Å². The second-order valence-corrected chi connectivity index (χ2v) is 9.36. The summed E-state index contributed by atoms with van der Waals surface area (Å²) in [6, 6.07) is 13.2. The van der Waals surface area contributed by atoms with E-state index in [4.69, 9.17) is 12.2 Å². The maximum atomic E-state index is 14.7. The third-order valence-electron chi connectivity index (χ3n) is 5.39. The molecule has 0 amide bonds. The molecule has 1 unspecified atom stereocenters. The second-order valence-electron chi connectivity index (χ2n) is 7.91. The van der Waals surface area contributed by atoms with Crippen molar-refractivity contribution < 1.29 is 26.3 Å². The lowest BCUT2D eigenvalue weighted by molar-refractivity contribution is -0.137. The number of nitrogens with one attached hydrogen (secondary N) is 1. The van der Waals surface area contributed by atoms with Crippen LogP contribution in [0.3, 0.4) is 0 Å². The highest BCUT2D eigenvalue weighted by atomic mass is 32.2. The van der Waals surface area contributed by atoms with Gasteiger partial charge in [-0.2, -0.15) is 13.2 Å². The molecule has 1 fully saturated rings. The molecule has 188 valence electrons. The fourth-order valence-corrected chi connectivity index (χ4v) is 5.03. The molecule has 1 atom stereocenters. The number of rotatable bonds is 5. The third-order valence-corrected chi connectivity index (χ3v) is 6.68. The van der Waals surface area contributed by atoms with E-state index in [0.717, 1.165) is 18.2 Å². The number of amidine groups is 1. The molecule has 1 aliphatic rings. The molecule has 4 rings (SSSR count). The molecular weight excluding hydrogens is 520 g/mol. The lowest BCUT2D eigenvalue weighted by Crippen LogP contribution is -2.35. The van der Waals surface area contributed by atoms with Crippen molar-refractivity contribution in [3.8, 4) is 0 Å². The van der Waals surface area contributed by atoms with E-state index in [-0.39, 0.29) is 22.8 Å². The quantitative estimate of drug-likeness (QED) is 0.274. The van der Waals surface area contributed by atoms with E-state index >= 15 is 0 Å². The van der Waals surface area contributed by atoms with Crippen LogP contribution in [0.15, 0.2) is 71.7 Å². The molecule has 3 aromatic rings. The molecule has 1 N–H and O–H groups in total. The van der Waals surface area contributed by atoms with Gasteiger partial charge in [-0.25, -0.2) is 13.2 Å². The smallest absolute Gasteiger partial charge is 0.332 e. The molecule has 3 aromatic carbocycles. The summed E-state index contributed by atoms with van der Waals surface area (Å²) >= 11 is 6.75. The Kier molecular flexibility index (Phi) is 7.89. The number of hydrogen-bond acceptors (Lipinski definition) is 3. The first-order valence-corrected chi connectivity index (χ1v) is 12.2. The van der Waals surface area contributed by atoms with Gasteiger partial charge in [0.05, 0.1) is 11.6 Å². The summed E-state index contributed by atoms with van der Waals surface area (Å²) in [4.78, 5) is 6.24. The van der Waals surface area contributed by atoms with Gasteiger partial charge < -0.3 is 5.32 Å². The van der Waals surface area contributed by atoms with Gasteiger partial charge in [-0.3, -0.25) is 9.89 Å². The molecule has 11 heteroatoms. The van der Waals surface area contributed by atoms with E-state index < -0.39 is 35.2 Å². The number of aliphatic imine (C=N–C) groups is 1. The SMILES string of the molecule is Fc1cccc(CC(N=C2SCCN2C(=S)Nc2cccc(C(F)(F)F)c2)c2cccc(F)c2F)c1. The molecule has 0 aliphatic carbocycles. The monoisotopic (exact) mass is 539 g/mol. The molecule has 0 aromatic heterocycles. The van der Waals surface area contributed by atoms with Crippen LogP contribution in [-0.4, -0.2) is 27.5 Å². The predicted octanol–water partition coefficient (Wildman–Crippen LogP) is 7.21. The number of thioether (sulfide) groups is 1. The third kappa shape index (κ3) is 6.19. The first-order valence-electron chi connectivity index (χ1n) is 10.8. The zero-order chi connectivity index (χ0) is 25.9. The molecule has 0 spiro atoms. The number of halogens is 6. The number of benzene rings is 3. The normalized spacial score (nSPS) is 15.8. The molecule has 1 saturated heterocycles. The maximum absolute atomic E-state index is 14.7. The highest BCUT2D eigenvalue weighted by Crippen LogP contribution is 2.32. The minimum absolute atomic E-state index is 0.00373. The van der Waals surface area contributed by atoms with Gasteiger partial charge >= 0.3 is 6.18 Å². The van der Waals surface area contributed by atoms with Crippen LogP contribution < -0.4 is 5.32 Å². The highest BCUT2D eigenvalue weighted by molar-refractivity contribution is 8.14. The van der Waals surface area contributed by atoms with E-state index in [1.54, 1.807) is 11.0 Å². The predicted molar refractivity (Wildman–Crippen MR) is 133 cm³/mol. The fraction of sp³-hybridized carbons (Fsp3) is 0.200. The highest BCUT2D eigenvalue weighted by Gasteiger charge is 2.31. The van der Waals surface area contributed by atoms with Gasteiger partial charge in [-0.05, 0) is 60.6 Å². The van der Waals surface area contributed by atoms with Crippen molar-refractivity contribution in [2.45, 2.75) is 18.6 Å². The molecule has 0 bridgehead atoms. The molecule has 1 aliphatic heterocycles. The summed E-state index contributed by atoms with van der Waals surface area (Å²) in [6.07, 6.45) is -4.42. The zero-order valence-electron chi connectivity index (χ0n) is 18.5. The Morgan fingerprint density at radius 1 is 1.03 bits per heavy atom. The Balaban J connectivity index is 1.63. The van der Waals surface area contributed by atoms with Gasteiger partial charge in [0.15, 0.2) is 21.9 Å². The van der Waals surface area contributed by atoms with Crippen LogP contribution in [0.4, 0.5) is 32.0 Å². The minimum Gasteiger partial charge on any atom is -0.332 e. The van der Waals surface area contributed by atoms with Crippen molar-refractivity contribution in [2.75, 3.05) is 17.6 Å². The topological polar surface area (TPSA) is 27.6 Å². The first kappa shape index (κ1) is 26.0. The Morgan fingerprint density at radius 3 is 2.53 bits per heavy atom. The lowest BCUT2D eigenvalue weighted by atomic mass is 9.98. The van der Waals surface area contributed by atoms with Crippen LogP contribution in [0.25, 0.3) is 0 Å². The van der Waals surface area contributed by atoms with E-state index in [0.29, 0.717) is 23.0 Å². The van der Waals surface area contributed by atoms with Crippen LogP contribution in [0.2, 0.25) is 0 Å². The number of anilines is 1.